The van der Waals surface area contributed by atoms with Crippen molar-refractivity contribution in [1.82, 2.24) is 5.01 Å². The lowest BCUT2D eigenvalue weighted by atomic mass is 9.90. The zero-order chi connectivity index (χ0) is 18.8. The molecular formula is C21H22N2O3S. The molecule has 27 heavy (non-hydrogen) atoms. The van der Waals surface area contributed by atoms with Crippen LogP contribution in [0.5, 0.6) is 0 Å². The van der Waals surface area contributed by atoms with Crippen molar-refractivity contribution in [3.8, 4) is 0 Å². The number of hydrazone groups is 1. The summed E-state index contributed by atoms with van der Waals surface area (Å²) in [7, 11) is 0. The number of nitrogens with zero attached hydrogens (tertiary/aromatic N) is 2. The smallest absolute Gasteiger partial charge is 0.348 e. The predicted molar refractivity (Wildman–Crippen MR) is 105 cm³/mol. The minimum absolute atomic E-state index is 0.274. The van der Waals surface area contributed by atoms with Crippen molar-refractivity contribution in [3.63, 3.8) is 0 Å². The van der Waals surface area contributed by atoms with Gasteiger partial charge in [0.05, 0.1) is 12.3 Å². The quantitative estimate of drug-likeness (QED) is 0.758. The van der Waals surface area contributed by atoms with Gasteiger partial charge in [-0.15, -0.1) is 11.3 Å². The molecule has 1 aromatic heterocycles. The molecule has 0 N–H and O–H groups in total. The maximum absolute atomic E-state index is 12.3. The van der Waals surface area contributed by atoms with Crippen LogP contribution in [0, 0.1) is 5.92 Å². The molecule has 1 amide bonds. The summed E-state index contributed by atoms with van der Waals surface area (Å²) in [6.07, 6.45) is 3.91. The molecule has 0 spiro atoms. The van der Waals surface area contributed by atoms with E-state index >= 15 is 0 Å². The van der Waals surface area contributed by atoms with Gasteiger partial charge in [0.15, 0.2) is 6.61 Å². The molecule has 140 valence electrons. The Morgan fingerprint density at radius 1 is 1.26 bits per heavy atom. The number of carbonyl (C=O) groups is 2. The van der Waals surface area contributed by atoms with Crippen LogP contribution in [0.4, 0.5) is 0 Å². The predicted octanol–water partition coefficient (Wildman–Crippen LogP) is 3.67. The monoisotopic (exact) mass is 382 g/mol. The van der Waals surface area contributed by atoms with Crippen molar-refractivity contribution < 1.29 is 14.3 Å². The van der Waals surface area contributed by atoms with Gasteiger partial charge < -0.3 is 4.74 Å². The molecule has 0 saturated heterocycles. The molecule has 1 unspecified atom stereocenters. The number of rotatable bonds is 4. The third kappa shape index (κ3) is 3.95. The summed E-state index contributed by atoms with van der Waals surface area (Å²) in [6.45, 7) is 2.48. The maximum atomic E-state index is 12.3. The molecular weight excluding hydrogens is 360 g/mol. The normalized spacial score (nSPS) is 18.8. The van der Waals surface area contributed by atoms with Gasteiger partial charge in [-0.1, -0.05) is 37.3 Å². The number of benzene rings is 1. The van der Waals surface area contributed by atoms with E-state index in [2.05, 4.69) is 12.0 Å². The van der Waals surface area contributed by atoms with Crippen LogP contribution in [0.3, 0.4) is 0 Å². The average molecular weight is 382 g/mol. The van der Waals surface area contributed by atoms with E-state index in [0.717, 1.165) is 30.5 Å². The molecule has 2 aromatic rings. The van der Waals surface area contributed by atoms with Crippen LogP contribution in [0.15, 0.2) is 41.5 Å². The van der Waals surface area contributed by atoms with E-state index in [1.165, 1.54) is 26.8 Å². The lowest BCUT2D eigenvalue weighted by Gasteiger charge is -2.16. The fraction of sp³-hybridized carbons (Fsp3) is 0.381. The summed E-state index contributed by atoms with van der Waals surface area (Å²) in [4.78, 5) is 26.5. The molecule has 5 nitrogen and oxygen atoms in total. The number of thiophene rings is 1. The molecule has 4 rings (SSSR count). The van der Waals surface area contributed by atoms with Gasteiger partial charge in [-0.25, -0.2) is 9.80 Å². The number of carbonyl (C=O) groups excluding carboxylic acids is 2. The number of esters is 1. The van der Waals surface area contributed by atoms with E-state index in [9.17, 15) is 9.59 Å². The Morgan fingerprint density at radius 3 is 2.89 bits per heavy atom. The third-order valence-electron chi connectivity index (χ3n) is 5.05. The SMILES string of the molecule is CC1CCc2sc(C(=O)OCC(=O)N3CCC(c4ccccc4)=N3)cc2C1. The Morgan fingerprint density at radius 2 is 2.07 bits per heavy atom. The summed E-state index contributed by atoms with van der Waals surface area (Å²) < 4.78 is 5.26. The van der Waals surface area contributed by atoms with E-state index < -0.39 is 5.97 Å². The number of hydrogen-bond acceptors (Lipinski definition) is 5. The van der Waals surface area contributed by atoms with Crippen molar-refractivity contribution in [1.29, 1.82) is 0 Å². The van der Waals surface area contributed by atoms with Crippen molar-refractivity contribution in [3.05, 3.63) is 57.3 Å². The zero-order valence-corrected chi connectivity index (χ0v) is 16.1. The van der Waals surface area contributed by atoms with Crippen molar-refractivity contribution in [2.24, 2.45) is 11.0 Å². The number of amides is 1. The van der Waals surface area contributed by atoms with Crippen LogP contribution in [0.2, 0.25) is 0 Å². The van der Waals surface area contributed by atoms with Crippen LogP contribution >= 0.6 is 11.3 Å². The molecule has 0 saturated carbocycles. The lowest BCUT2D eigenvalue weighted by Crippen LogP contribution is -2.28. The van der Waals surface area contributed by atoms with Crippen LogP contribution in [-0.4, -0.2) is 35.7 Å². The molecule has 0 bridgehead atoms. The number of fused-ring (bicyclic) bond motifs is 1. The molecule has 2 heterocycles. The first-order valence-corrected chi connectivity index (χ1v) is 10.1. The number of ether oxygens (including phenoxy) is 1. The Labute approximate surface area is 162 Å². The summed E-state index contributed by atoms with van der Waals surface area (Å²) in [5, 5.41) is 5.78. The van der Waals surface area contributed by atoms with Gasteiger partial charge in [0.25, 0.3) is 5.91 Å². The summed E-state index contributed by atoms with van der Waals surface area (Å²) in [5.74, 6) is -0.0459. The maximum Gasteiger partial charge on any atom is 0.348 e. The highest BCUT2D eigenvalue weighted by atomic mass is 32.1. The van der Waals surface area contributed by atoms with E-state index in [1.54, 1.807) is 0 Å². The minimum Gasteiger partial charge on any atom is -0.451 e. The summed E-state index contributed by atoms with van der Waals surface area (Å²) in [6, 6.07) is 11.7. The van der Waals surface area contributed by atoms with E-state index in [4.69, 9.17) is 4.74 Å². The van der Waals surface area contributed by atoms with Gasteiger partial charge >= 0.3 is 5.97 Å². The molecule has 0 fully saturated rings. The second-order valence-corrected chi connectivity index (χ2v) is 8.30. The first kappa shape index (κ1) is 17.9. The first-order chi connectivity index (χ1) is 13.1. The molecule has 2 aliphatic rings. The number of hydrogen-bond donors (Lipinski definition) is 0. The molecule has 1 aliphatic heterocycles. The highest BCUT2D eigenvalue weighted by Gasteiger charge is 2.24. The topological polar surface area (TPSA) is 59.0 Å². The standard InChI is InChI=1S/C21H22N2O3S/c1-14-7-8-18-16(11-14)12-19(27-18)21(25)26-13-20(24)23-10-9-17(22-23)15-5-3-2-4-6-15/h2-6,12,14H,7-11,13H2,1H3. The van der Waals surface area contributed by atoms with Gasteiger partial charge in [-0.3, -0.25) is 4.79 Å². The van der Waals surface area contributed by atoms with Gasteiger partial charge in [-0.2, -0.15) is 5.10 Å². The zero-order valence-electron chi connectivity index (χ0n) is 15.3. The highest BCUT2D eigenvalue weighted by molar-refractivity contribution is 7.14. The van der Waals surface area contributed by atoms with Crippen LogP contribution in [-0.2, 0) is 22.4 Å². The second kappa shape index (κ2) is 7.64. The Hall–Kier alpha value is -2.47. The summed E-state index contributed by atoms with van der Waals surface area (Å²) >= 11 is 1.50. The van der Waals surface area contributed by atoms with Gasteiger partial charge in [0.2, 0.25) is 0 Å². The fourth-order valence-corrected chi connectivity index (χ4v) is 4.65. The largest absolute Gasteiger partial charge is 0.451 e. The molecule has 1 aromatic carbocycles. The lowest BCUT2D eigenvalue weighted by molar-refractivity contribution is -0.134. The van der Waals surface area contributed by atoms with Crippen LogP contribution in [0.1, 0.15) is 45.4 Å². The van der Waals surface area contributed by atoms with Gasteiger partial charge in [0.1, 0.15) is 4.88 Å². The van der Waals surface area contributed by atoms with Crippen LogP contribution in [0.25, 0.3) is 0 Å². The van der Waals surface area contributed by atoms with E-state index in [0.29, 0.717) is 23.8 Å². The van der Waals surface area contributed by atoms with Gasteiger partial charge in [-0.05, 0) is 42.4 Å². The highest BCUT2D eigenvalue weighted by Crippen LogP contribution is 2.32. The van der Waals surface area contributed by atoms with Crippen LogP contribution < -0.4 is 0 Å². The van der Waals surface area contributed by atoms with Gasteiger partial charge in [0, 0.05) is 11.3 Å². The van der Waals surface area contributed by atoms with Crippen molar-refractivity contribution in [2.75, 3.05) is 13.2 Å². The van der Waals surface area contributed by atoms with E-state index in [1.807, 2.05) is 36.4 Å². The molecule has 1 aliphatic carbocycles. The van der Waals surface area contributed by atoms with Crippen molar-refractivity contribution in [2.45, 2.75) is 32.6 Å². The second-order valence-electron chi connectivity index (χ2n) is 7.16. The average Bonchev–Trinajstić information content (AvgIpc) is 3.33. The van der Waals surface area contributed by atoms with E-state index in [-0.39, 0.29) is 12.5 Å². The molecule has 0 radical (unpaired) electrons. The number of aryl methyl sites for hydroxylation is 1. The Bertz CT molecular complexity index is 888. The fourth-order valence-electron chi connectivity index (χ4n) is 3.55. The Balaban J connectivity index is 1.34. The third-order valence-corrected chi connectivity index (χ3v) is 6.27. The summed E-state index contributed by atoms with van der Waals surface area (Å²) in [5.41, 5.74) is 3.16. The molecule has 1 atom stereocenters. The van der Waals surface area contributed by atoms with Crippen molar-refractivity contribution >= 4 is 28.9 Å². The Kier molecular flexibility index (Phi) is 5.07. The molecule has 6 heteroatoms. The minimum atomic E-state index is -0.415. The first-order valence-electron chi connectivity index (χ1n) is 9.32.